The lowest BCUT2D eigenvalue weighted by Gasteiger charge is -2.13. The van der Waals surface area contributed by atoms with Gasteiger partial charge in [0.25, 0.3) is 0 Å². The van der Waals surface area contributed by atoms with Gasteiger partial charge in [-0.1, -0.05) is 35.3 Å². The van der Waals surface area contributed by atoms with E-state index < -0.39 is 0 Å². The van der Waals surface area contributed by atoms with Gasteiger partial charge in [0, 0.05) is 17.1 Å². The van der Waals surface area contributed by atoms with E-state index in [0.29, 0.717) is 22.4 Å². The van der Waals surface area contributed by atoms with E-state index in [1.165, 1.54) is 0 Å². The third-order valence-corrected chi connectivity index (χ3v) is 3.10. The molecule has 2 rings (SSSR count). The molecule has 0 spiro atoms. The minimum absolute atomic E-state index is 0.197. The fourth-order valence-corrected chi connectivity index (χ4v) is 2.32. The average molecular weight is 298 g/mol. The van der Waals surface area contributed by atoms with Crippen LogP contribution in [0.15, 0.2) is 36.4 Å². The number of rotatable bonds is 4. The van der Waals surface area contributed by atoms with Crippen molar-refractivity contribution in [3.05, 3.63) is 57.6 Å². The lowest BCUT2D eigenvalue weighted by atomic mass is 10.2. The van der Waals surface area contributed by atoms with E-state index in [0.717, 1.165) is 11.1 Å². The summed E-state index contributed by atoms with van der Waals surface area (Å²) in [4.78, 5) is 0. The van der Waals surface area contributed by atoms with Gasteiger partial charge in [-0.15, -0.1) is 0 Å². The normalized spacial score (nSPS) is 10.5. The molecule has 19 heavy (non-hydrogen) atoms. The van der Waals surface area contributed by atoms with E-state index in [1.54, 1.807) is 30.3 Å². The van der Waals surface area contributed by atoms with Gasteiger partial charge in [-0.2, -0.15) is 0 Å². The first-order chi connectivity index (χ1) is 9.10. The smallest absolute Gasteiger partial charge is 0.142 e. The number of hydrogen-bond acceptors (Lipinski definition) is 3. The number of nitrogens with two attached hydrogens (primary N) is 1. The van der Waals surface area contributed by atoms with Crippen LogP contribution in [0.1, 0.15) is 11.1 Å². The van der Waals surface area contributed by atoms with Crippen LogP contribution in [-0.2, 0) is 13.2 Å². The van der Waals surface area contributed by atoms with E-state index in [-0.39, 0.29) is 12.3 Å². The molecule has 0 fully saturated rings. The van der Waals surface area contributed by atoms with Crippen LogP contribution in [0.3, 0.4) is 0 Å². The Morgan fingerprint density at radius 3 is 2.63 bits per heavy atom. The van der Waals surface area contributed by atoms with E-state index in [2.05, 4.69) is 0 Å². The van der Waals surface area contributed by atoms with Crippen molar-refractivity contribution < 1.29 is 9.84 Å². The molecule has 0 saturated carbocycles. The Bertz CT molecular complexity index is 588. The topological polar surface area (TPSA) is 55.5 Å². The second kappa shape index (κ2) is 6.15. The van der Waals surface area contributed by atoms with Gasteiger partial charge >= 0.3 is 0 Å². The summed E-state index contributed by atoms with van der Waals surface area (Å²) >= 11 is 12.0. The second-order valence-corrected chi connectivity index (χ2v) is 4.88. The summed E-state index contributed by atoms with van der Waals surface area (Å²) in [5.41, 5.74) is 7.23. The van der Waals surface area contributed by atoms with E-state index in [1.807, 2.05) is 6.07 Å². The van der Waals surface area contributed by atoms with Crippen LogP contribution in [0.5, 0.6) is 11.5 Å². The Hall–Kier alpha value is -1.42. The maximum absolute atomic E-state index is 9.38. The molecule has 0 amide bonds. The molecule has 0 heterocycles. The molecule has 0 unspecified atom stereocenters. The van der Waals surface area contributed by atoms with Crippen molar-refractivity contribution in [1.82, 2.24) is 0 Å². The third kappa shape index (κ3) is 3.53. The fourth-order valence-electron chi connectivity index (χ4n) is 1.73. The molecule has 0 aliphatic rings. The van der Waals surface area contributed by atoms with Gasteiger partial charge in [-0.05, 0) is 29.8 Å². The lowest BCUT2D eigenvalue weighted by Crippen LogP contribution is -2.03. The van der Waals surface area contributed by atoms with Crippen molar-refractivity contribution in [3.8, 4) is 11.5 Å². The fraction of sp³-hybridized carbons (Fsp3) is 0.143. The van der Waals surface area contributed by atoms with Crippen LogP contribution in [0.25, 0.3) is 0 Å². The van der Waals surface area contributed by atoms with E-state index in [9.17, 15) is 5.11 Å². The van der Waals surface area contributed by atoms with Crippen molar-refractivity contribution in [3.63, 3.8) is 0 Å². The molecule has 5 heteroatoms. The Kier molecular flexibility index (Phi) is 4.53. The molecule has 0 bridgehead atoms. The maximum Gasteiger partial charge on any atom is 0.142 e. The molecule has 0 radical (unpaired) electrons. The first-order valence-electron chi connectivity index (χ1n) is 5.69. The van der Waals surface area contributed by atoms with Gasteiger partial charge in [0.05, 0.1) is 5.02 Å². The highest BCUT2D eigenvalue weighted by Gasteiger charge is 2.10. The van der Waals surface area contributed by atoms with Crippen molar-refractivity contribution in [1.29, 1.82) is 0 Å². The largest absolute Gasteiger partial charge is 0.508 e. The number of halogens is 2. The zero-order chi connectivity index (χ0) is 13.8. The summed E-state index contributed by atoms with van der Waals surface area (Å²) in [6.45, 7) is 0.582. The molecule has 0 saturated heterocycles. The average Bonchev–Trinajstić information content (AvgIpc) is 2.37. The summed E-state index contributed by atoms with van der Waals surface area (Å²) < 4.78 is 5.67. The first-order valence-corrected chi connectivity index (χ1v) is 6.44. The van der Waals surface area contributed by atoms with Gasteiger partial charge < -0.3 is 15.6 Å². The third-order valence-electron chi connectivity index (χ3n) is 2.60. The summed E-state index contributed by atoms with van der Waals surface area (Å²) in [6, 6.07) is 10.2. The van der Waals surface area contributed by atoms with Gasteiger partial charge in [0.1, 0.15) is 18.1 Å². The number of phenolic OH excluding ortho intramolecular Hbond substituents is 1. The number of aromatic hydroxyl groups is 1. The maximum atomic E-state index is 9.38. The van der Waals surface area contributed by atoms with Gasteiger partial charge in [-0.3, -0.25) is 0 Å². The predicted octanol–water partition coefficient (Wildman–Crippen LogP) is 3.74. The molecule has 0 atom stereocenters. The Labute approximate surface area is 121 Å². The van der Waals surface area contributed by atoms with Crippen molar-refractivity contribution in [2.45, 2.75) is 13.2 Å². The van der Waals surface area contributed by atoms with Crippen LogP contribution >= 0.6 is 23.2 Å². The van der Waals surface area contributed by atoms with Crippen molar-refractivity contribution >= 4 is 23.2 Å². The minimum Gasteiger partial charge on any atom is -0.508 e. The van der Waals surface area contributed by atoms with Gasteiger partial charge in [0.15, 0.2) is 0 Å². The summed E-state index contributed by atoms with van der Waals surface area (Å²) in [5, 5.41) is 10.3. The highest BCUT2D eigenvalue weighted by molar-refractivity contribution is 6.35. The number of hydrogen-bond donors (Lipinski definition) is 2. The molecule has 0 aromatic heterocycles. The van der Waals surface area contributed by atoms with Crippen molar-refractivity contribution in [2.75, 3.05) is 0 Å². The van der Waals surface area contributed by atoms with Crippen LogP contribution in [-0.4, -0.2) is 5.11 Å². The number of phenols is 1. The summed E-state index contributed by atoms with van der Waals surface area (Å²) in [5.74, 6) is 0.722. The van der Waals surface area contributed by atoms with E-state index >= 15 is 0 Å². The van der Waals surface area contributed by atoms with Crippen LogP contribution in [0, 0.1) is 0 Å². The molecule has 0 aliphatic carbocycles. The van der Waals surface area contributed by atoms with E-state index in [4.69, 9.17) is 33.7 Å². The SMILES string of the molecule is NCc1cc(Cl)cc(Cl)c1OCc1cccc(O)c1. The highest BCUT2D eigenvalue weighted by atomic mass is 35.5. The zero-order valence-electron chi connectivity index (χ0n) is 10.1. The quantitative estimate of drug-likeness (QED) is 0.904. The first kappa shape index (κ1) is 14.0. The summed E-state index contributed by atoms with van der Waals surface area (Å²) in [7, 11) is 0. The molecule has 3 N–H and O–H groups in total. The summed E-state index contributed by atoms with van der Waals surface area (Å²) in [6.07, 6.45) is 0. The second-order valence-electron chi connectivity index (χ2n) is 4.04. The predicted molar refractivity (Wildman–Crippen MR) is 76.8 cm³/mol. The molecule has 2 aromatic rings. The van der Waals surface area contributed by atoms with Crippen LogP contribution in [0.2, 0.25) is 10.0 Å². The van der Waals surface area contributed by atoms with Crippen molar-refractivity contribution in [2.24, 2.45) is 5.73 Å². The Morgan fingerprint density at radius 1 is 1.16 bits per heavy atom. The van der Waals surface area contributed by atoms with Gasteiger partial charge in [-0.25, -0.2) is 0 Å². The minimum atomic E-state index is 0.197. The molecule has 2 aromatic carbocycles. The standard InChI is InChI=1S/C14H13Cl2NO2/c15-11-5-10(7-17)14(13(16)6-11)19-8-9-2-1-3-12(18)4-9/h1-6,18H,7-8,17H2. The Balaban J connectivity index is 2.19. The monoisotopic (exact) mass is 297 g/mol. The molecular formula is C14H13Cl2NO2. The highest BCUT2D eigenvalue weighted by Crippen LogP contribution is 2.32. The number of ether oxygens (including phenoxy) is 1. The van der Waals surface area contributed by atoms with Gasteiger partial charge in [0.2, 0.25) is 0 Å². The molecule has 0 aliphatic heterocycles. The number of benzene rings is 2. The van der Waals surface area contributed by atoms with Crippen LogP contribution < -0.4 is 10.5 Å². The molecular weight excluding hydrogens is 285 g/mol. The van der Waals surface area contributed by atoms with Crippen LogP contribution in [0.4, 0.5) is 0 Å². The Morgan fingerprint density at radius 2 is 1.95 bits per heavy atom. The lowest BCUT2D eigenvalue weighted by molar-refractivity contribution is 0.302. The zero-order valence-corrected chi connectivity index (χ0v) is 11.6. The molecule has 3 nitrogen and oxygen atoms in total. The molecule has 100 valence electrons.